The normalized spacial score (nSPS) is 9.50. The third kappa shape index (κ3) is 4.40. The van der Waals surface area contributed by atoms with Crippen molar-refractivity contribution in [1.82, 2.24) is 4.98 Å². The van der Waals surface area contributed by atoms with Crippen molar-refractivity contribution in [3.63, 3.8) is 0 Å². The second kappa shape index (κ2) is 8.29. The number of carbonyl (C=O) groups is 2. The Morgan fingerprint density at radius 2 is 1.73 bits per heavy atom. The van der Waals surface area contributed by atoms with Gasteiger partial charge in [0.2, 0.25) is 0 Å². The molecule has 0 aliphatic heterocycles. The number of para-hydroxylation sites is 1. The number of hydrogen-bond donors (Lipinski definition) is 1. The molecule has 4 nitrogen and oxygen atoms in total. The predicted octanol–water partition coefficient (Wildman–Crippen LogP) is 4.52. The van der Waals surface area contributed by atoms with Gasteiger partial charge < -0.3 is 5.32 Å². The third-order valence-corrected chi connectivity index (χ3v) is 3.14. The molecule has 0 saturated heterocycles. The summed E-state index contributed by atoms with van der Waals surface area (Å²) in [5.74, 6) is -0.682. The fourth-order valence-corrected chi connectivity index (χ4v) is 1.89. The minimum absolute atomic E-state index is 0.125. The van der Waals surface area contributed by atoms with Gasteiger partial charge in [-0.2, -0.15) is 0 Å². The Morgan fingerprint density at radius 1 is 1.14 bits per heavy atom. The number of aromatic nitrogens is 1. The summed E-state index contributed by atoms with van der Waals surface area (Å²) in [5.41, 5.74) is 1.47. The van der Waals surface area contributed by atoms with E-state index in [1.165, 1.54) is 13.0 Å². The second-order valence-electron chi connectivity index (χ2n) is 4.33. The van der Waals surface area contributed by atoms with Gasteiger partial charge in [0.15, 0.2) is 5.78 Å². The molecule has 2 rings (SSSR count). The predicted molar refractivity (Wildman–Crippen MR) is 89.7 cm³/mol. The van der Waals surface area contributed by atoms with E-state index in [9.17, 15) is 9.59 Å². The van der Waals surface area contributed by atoms with E-state index in [1.54, 1.807) is 19.1 Å². The van der Waals surface area contributed by atoms with Gasteiger partial charge in [0, 0.05) is 12.6 Å². The molecule has 1 aromatic carbocycles. The fourth-order valence-electron chi connectivity index (χ4n) is 1.74. The summed E-state index contributed by atoms with van der Waals surface area (Å²) in [4.78, 5) is 27.9. The number of hydrogen-bond acceptors (Lipinski definition) is 3. The van der Waals surface area contributed by atoms with Crippen molar-refractivity contribution in [3.05, 3.63) is 58.4 Å². The number of nitrogens with zero attached hydrogens (tertiary/aromatic N) is 1. The van der Waals surface area contributed by atoms with Gasteiger partial charge in [0.25, 0.3) is 5.91 Å². The van der Waals surface area contributed by atoms with Crippen molar-refractivity contribution in [3.8, 4) is 0 Å². The number of carbonyl (C=O) groups excluding carboxylic acids is 2. The van der Waals surface area contributed by atoms with E-state index < -0.39 is 5.91 Å². The molecule has 0 aliphatic rings. The van der Waals surface area contributed by atoms with E-state index in [1.807, 2.05) is 32.0 Å². The van der Waals surface area contributed by atoms with Crippen LogP contribution in [0.3, 0.4) is 0 Å². The van der Waals surface area contributed by atoms with Crippen LogP contribution in [0.5, 0.6) is 0 Å². The number of nitrogens with one attached hydrogen (secondary N) is 1. The maximum atomic E-state index is 12.2. The Hall–Kier alpha value is -2.20. The molecule has 0 atom stereocenters. The van der Waals surface area contributed by atoms with Gasteiger partial charge in [-0.05, 0) is 25.1 Å². The molecule has 1 amide bonds. The van der Waals surface area contributed by atoms with Gasteiger partial charge >= 0.3 is 0 Å². The van der Waals surface area contributed by atoms with E-state index in [4.69, 9.17) is 11.6 Å². The number of halogens is 1. The van der Waals surface area contributed by atoms with Crippen LogP contribution in [0.25, 0.3) is 0 Å². The van der Waals surface area contributed by atoms with Crippen molar-refractivity contribution in [1.29, 1.82) is 0 Å². The molecular formula is C17H19ClN2O2. The molecule has 1 N–H and O–H groups in total. The molecule has 1 heterocycles. The molecule has 0 bridgehead atoms. The first-order valence-corrected chi connectivity index (χ1v) is 7.41. The van der Waals surface area contributed by atoms with Crippen LogP contribution < -0.4 is 5.32 Å². The average molecular weight is 319 g/mol. The SMILES string of the molecule is CC.CC(=O)c1nc(C)c(Cl)cc1C(=O)Nc1ccccc1. The molecule has 0 saturated carbocycles. The molecule has 0 fully saturated rings. The molecule has 0 radical (unpaired) electrons. The number of anilines is 1. The van der Waals surface area contributed by atoms with Crippen LogP contribution >= 0.6 is 11.6 Å². The summed E-state index contributed by atoms with van der Waals surface area (Å²) >= 11 is 5.98. The number of Topliss-reactive ketones (excluding diaryl/α,β-unsaturated/α-hetero) is 1. The highest BCUT2D eigenvalue weighted by Gasteiger charge is 2.18. The Balaban J connectivity index is 0.00000116. The molecule has 5 heteroatoms. The highest BCUT2D eigenvalue weighted by atomic mass is 35.5. The standard InChI is InChI=1S/C15H13ClN2O2.C2H6/c1-9-13(16)8-12(14(17-9)10(2)19)15(20)18-11-6-4-3-5-7-11;1-2/h3-8H,1-2H3,(H,18,20);1-2H3. The number of amides is 1. The zero-order chi connectivity index (χ0) is 16.7. The van der Waals surface area contributed by atoms with Crippen LogP contribution in [-0.4, -0.2) is 16.7 Å². The van der Waals surface area contributed by atoms with Gasteiger partial charge in [-0.25, -0.2) is 4.98 Å². The quantitative estimate of drug-likeness (QED) is 0.846. The summed E-state index contributed by atoms with van der Waals surface area (Å²) in [6.07, 6.45) is 0. The van der Waals surface area contributed by atoms with Crippen molar-refractivity contribution in [2.75, 3.05) is 5.32 Å². The number of pyridine rings is 1. The zero-order valence-electron chi connectivity index (χ0n) is 13.1. The zero-order valence-corrected chi connectivity index (χ0v) is 13.9. The number of benzene rings is 1. The topological polar surface area (TPSA) is 59.1 Å². The third-order valence-electron chi connectivity index (χ3n) is 2.76. The maximum Gasteiger partial charge on any atom is 0.258 e. The Bertz CT molecular complexity index is 670. The van der Waals surface area contributed by atoms with Crippen molar-refractivity contribution >= 4 is 29.0 Å². The summed E-state index contributed by atoms with van der Waals surface area (Å²) in [5, 5.41) is 3.07. The van der Waals surface area contributed by atoms with E-state index in [0.717, 1.165) is 0 Å². The van der Waals surface area contributed by atoms with Crippen LogP contribution in [0.15, 0.2) is 36.4 Å². The highest BCUT2D eigenvalue weighted by molar-refractivity contribution is 6.31. The second-order valence-corrected chi connectivity index (χ2v) is 4.74. The van der Waals surface area contributed by atoms with Gasteiger partial charge in [-0.3, -0.25) is 9.59 Å². The highest BCUT2D eigenvalue weighted by Crippen LogP contribution is 2.19. The van der Waals surface area contributed by atoms with Gasteiger partial charge in [-0.15, -0.1) is 0 Å². The summed E-state index contributed by atoms with van der Waals surface area (Å²) in [7, 11) is 0. The lowest BCUT2D eigenvalue weighted by Crippen LogP contribution is -2.17. The van der Waals surface area contributed by atoms with Crippen LogP contribution in [0.4, 0.5) is 5.69 Å². The van der Waals surface area contributed by atoms with Gasteiger partial charge in [0.1, 0.15) is 5.69 Å². The summed E-state index contributed by atoms with van der Waals surface area (Å²) in [6.45, 7) is 7.06. The lowest BCUT2D eigenvalue weighted by atomic mass is 10.1. The first-order chi connectivity index (χ1) is 10.5. The molecule has 0 unspecified atom stereocenters. The summed E-state index contributed by atoms with van der Waals surface area (Å²) < 4.78 is 0. The number of ketones is 1. The monoisotopic (exact) mass is 318 g/mol. The lowest BCUT2D eigenvalue weighted by molar-refractivity contribution is 0.0981. The van der Waals surface area contributed by atoms with Gasteiger partial charge in [-0.1, -0.05) is 43.6 Å². The average Bonchev–Trinajstić information content (AvgIpc) is 2.52. The summed E-state index contributed by atoms with van der Waals surface area (Å²) in [6, 6.07) is 10.5. The first-order valence-electron chi connectivity index (χ1n) is 7.03. The smallest absolute Gasteiger partial charge is 0.258 e. The van der Waals surface area contributed by atoms with E-state index in [-0.39, 0.29) is 17.0 Å². The van der Waals surface area contributed by atoms with E-state index >= 15 is 0 Å². The first kappa shape index (κ1) is 17.9. The molecular weight excluding hydrogens is 300 g/mol. The Morgan fingerprint density at radius 3 is 2.27 bits per heavy atom. The van der Waals surface area contributed by atoms with Crippen LogP contribution in [0.2, 0.25) is 5.02 Å². The van der Waals surface area contributed by atoms with Crippen LogP contribution in [-0.2, 0) is 0 Å². The van der Waals surface area contributed by atoms with Crippen molar-refractivity contribution in [2.45, 2.75) is 27.7 Å². The van der Waals surface area contributed by atoms with E-state index in [0.29, 0.717) is 16.4 Å². The largest absolute Gasteiger partial charge is 0.322 e. The minimum Gasteiger partial charge on any atom is -0.322 e. The van der Waals surface area contributed by atoms with Crippen LogP contribution in [0, 0.1) is 6.92 Å². The van der Waals surface area contributed by atoms with Crippen molar-refractivity contribution < 1.29 is 9.59 Å². The van der Waals surface area contributed by atoms with Crippen LogP contribution in [0.1, 0.15) is 47.3 Å². The molecule has 0 spiro atoms. The molecule has 116 valence electrons. The fraction of sp³-hybridized carbons (Fsp3) is 0.235. The Kier molecular flexibility index (Phi) is 6.73. The van der Waals surface area contributed by atoms with Crippen molar-refractivity contribution in [2.24, 2.45) is 0 Å². The maximum absolute atomic E-state index is 12.2. The number of rotatable bonds is 3. The molecule has 1 aromatic heterocycles. The van der Waals surface area contributed by atoms with E-state index in [2.05, 4.69) is 10.3 Å². The van der Waals surface area contributed by atoms with Gasteiger partial charge in [0.05, 0.1) is 16.3 Å². The molecule has 2 aromatic rings. The lowest BCUT2D eigenvalue weighted by Gasteiger charge is -2.09. The molecule has 22 heavy (non-hydrogen) atoms. The minimum atomic E-state index is -0.407. The number of aryl methyl sites for hydroxylation is 1. The molecule has 0 aliphatic carbocycles. The Labute approximate surface area is 135 Å².